The molecule has 2 aliphatic heterocycles. The molecule has 2 atom stereocenters. The van der Waals surface area contributed by atoms with Crippen LogP contribution in [-0.4, -0.2) is 61.5 Å². The van der Waals surface area contributed by atoms with Crippen molar-refractivity contribution in [1.29, 1.82) is 0 Å². The first-order valence-electron chi connectivity index (χ1n) is 8.10. The summed E-state index contributed by atoms with van der Waals surface area (Å²) in [6.45, 7) is 17.1. The van der Waals surface area contributed by atoms with Crippen molar-refractivity contribution < 1.29 is 9.47 Å². The van der Waals surface area contributed by atoms with Gasteiger partial charge in [-0.3, -0.25) is 0 Å². The molecule has 1 N–H and O–H groups in total. The second-order valence-corrected chi connectivity index (χ2v) is 7.22. The number of rotatable bonds is 4. The van der Waals surface area contributed by atoms with E-state index in [1.165, 1.54) is 0 Å². The molecule has 0 aromatic carbocycles. The smallest absolute Gasteiger partial charge is 0.0790 e. The van der Waals surface area contributed by atoms with E-state index in [-0.39, 0.29) is 11.2 Å². The predicted molar refractivity (Wildman–Crippen MR) is 82.1 cm³/mol. The van der Waals surface area contributed by atoms with E-state index < -0.39 is 0 Å². The van der Waals surface area contributed by atoms with Gasteiger partial charge in [-0.05, 0) is 40.7 Å². The fourth-order valence-electron chi connectivity index (χ4n) is 3.89. The van der Waals surface area contributed by atoms with E-state index in [2.05, 4.69) is 44.8 Å². The van der Waals surface area contributed by atoms with E-state index >= 15 is 0 Å². The maximum atomic E-state index is 6.37. The zero-order valence-corrected chi connectivity index (χ0v) is 13.9. The largest absolute Gasteiger partial charge is 0.380 e. The first-order chi connectivity index (χ1) is 9.37. The van der Waals surface area contributed by atoms with Gasteiger partial charge in [-0.1, -0.05) is 6.92 Å². The molecule has 0 aliphatic carbocycles. The zero-order valence-electron chi connectivity index (χ0n) is 13.9. The molecule has 0 aromatic rings. The monoisotopic (exact) mass is 284 g/mol. The van der Waals surface area contributed by atoms with Gasteiger partial charge in [0.05, 0.1) is 17.8 Å². The molecule has 118 valence electrons. The topological polar surface area (TPSA) is 33.7 Å². The van der Waals surface area contributed by atoms with Gasteiger partial charge < -0.3 is 19.7 Å². The summed E-state index contributed by atoms with van der Waals surface area (Å²) in [4.78, 5) is 2.55. The van der Waals surface area contributed by atoms with E-state index in [0.717, 1.165) is 45.8 Å². The molecule has 2 rings (SSSR count). The lowest BCUT2D eigenvalue weighted by molar-refractivity contribution is -0.0795. The summed E-state index contributed by atoms with van der Waals surface area (Å²) in [5.41, 5.74) is -0.184. The van der Waals surface area contributed by atoms with Crippen LogP contribution in [0.15, 0.2) is 0 Å². The van der Waals surface area contributed by atoms with Crippen molar-refractivity contribution >= 4 is 0 Å². The lowest BCUT2D eigenvalue weighted by Crippen LogP contribution is -2.51. The number of hydrogen-bond acceptors (Lipinski definition) is 4. The third-order valence-electron chi connectivity index (χ3n) is 4.76. The summed E-state index contributed by atoms with van der Waals surface area (Å²) < 4.78 is 11.9. The van der Waals surface area contributed by atoms with Gasteiger partial charge in [-0.25, -0.2) is 0 Å². The molecule has 2 fully saturated rings. The van der Waals surface area contributed by atoms with Crippen LogP contribution in [-0.2, 0) is 9.47 Å². The average molecular weight is 284 g/mol. The van der Waals surface area contributed by atoms with Crippen LogP contribution in [0.5, 0.6) is 0 Å². The molecule has 20 heavy (non-hydrogen) atoms. The highest BCUT2D eigenvalue weighted by Gasteiger charge is 2.53. The maximum Gasteiger partial charge on any atom is 0.0790 e. The molecule has 2 aliphatic rings. The first kappa shape index (κ1) is 16.2. The minimum Gasteiger partial charge on any atom is -0.380 e. The Balaban J connectivity index is 2.08. The van der Waals surface area contributed by atoms with Gasteiger partial charge >= 0.3 is 0 Å². The van der Waals surface area contributed by atoms with Crippen LogP contribution in [0.4, 0.5) is 0 Å². The second kappa shape index (κ2) is 6.30. The van der Waals surface area contributed by atoms with Crippen LogP contribution in [0.3, 0.4) is 0 Å². The van der Waals surface area contributed by atoms with Crippen LogP contribution in [0, 0.1) is 5.92 Å². The minimum atomic E-state index is -0.105. The standard InChI is InChI=1S/C16H32N2O2/c1-6-17-14-13(15(2,3)20-16(14,4)5)12-18-8-7-10-19-11-9-18/h13-14,17H,6-12H2,1-5H3. The van der Waals surface area contributed by atoms with Crippen LogP contribution in [0.25, 0.3) is 0 Å². The van der Waals surface area contributed by atoms with Crippen LogP contribution in [0.2, 0.25) is 0 Å². The molecule has 0 spiro atoms. The van der Waals surface area contributed by atoms with Gasteiger partial charge in [-0.2, -0.15) is 0 Å². The Morgan fingerprint density at radius 1 is 1.10 bits per heavy atom. The van der Waals surface area contributed by atoms with Gasteiger partial charge in [-0.15, -0.1) is 0 Å². The molecular weight excluding hydrogens is 252 g/mol. The van der Waals surface area contributed by atoms with Gasteiger partial charge in [0, 0.05) is 38.2 Å². The summed E-state index contributed by atoms with van der Waals surface area (Å²) >= 11 is 0. The van der Waals surface area contributed by atoms with Crippen LogP contribution < -0.4 is 5.32 Å². The first-order valence-corrected chi connectivity index (χ1v) is 8.10. The van der Waals surface area contributed by atoms with E-state index in [9.17, 15) is 0 Å². The van der Waals surface area contributed by atoms with Crippen molar-refractivity contribution in [1.82, 2.24) is 10.2 Å². The third-order valence-corrected chi connectivity index (χ3v) is 4.76. The fourth-order valence-corrected chi connectivity index (χ4v) is 3.89. The molecule has 0 aromatic heterocycles. The van der Waals surface area contributed by atoms with Crippen molar-refractivity contribution in [2.75, 3.05) is 39.4 Å². The van der Waals surface area contributed by atoms with Crippen molar-refractivity contribution in [3.8, 4) is 0 Å². The van der Waals surface area contributed by atoms with E-state index in [1.807, 2.05) is 0 Å². The molecule has 0 amide bonds. The Labute approximate surface area is 124 Å². The van der Waals surface area contributed by atoms with Gasteiger partial charge in [0.15, 0.2) is 0 Å². The van der Waals surface area contributed by atoms with E-state index in [0.29, 0.717) is 12.0 Å². The lowest BCUT2D eigenvalue weighted by atomic mass is 9.82. The zero-order chi connectivity index (χ0) is 14.8. The summed E-state index contributed by atoms with van der Waals surface area (Å²) in [7, 11) is 0. The summed E-state index contributed by atoms with van der Waals surface area (Å²) in [5.74, 6) is 0.510. The van der Waals surface area contributed by atoms with Gasteiger partial charge in [0.25, 0.3) is 0 Å². The molecule has 0 bridgehead atoms. The quantitative estimate of drug-likeness (QED) is 0.855. The van der Waals surface area contributed by atoms with Crippen molar-refractivity contribution in [2.45, 2.75) is 58.3 Å². The van der Waals surface area contributed by atoms with Crippen LogP contribution in [0.1, 0.15) is 41.0 Å². The molecular formula is C16H32N2O2. The number of nitrogens with one attached hydrogen (secondary N) is 1. The molecule has 4 heteroatoms. The van der Waals surface area contributed by atoms with Crippen molar-refractivity contribution in [3.63, 3.8) is 0 Å². The molecule has 2 unspecified atom stereocenters. The lowest BCUT2D eigenvalue weighted by Gasteiger charge is -2.34. The molecule has 0 radical (unpaired) electrons. The van der Waals surface area contributed by atoms with Gasteiger partial charge in [0.2, 0.25) is 0 Å². The Kier molecular flexibility index (Phi) is 5.11. The second-order valence-electron chi connectivity index (χ2n) is 7.22. The number of hydrogen-bond donors (Lipinski definition) is 1. The summed E-state index contributed by atoms with van der Waals surface area (Å²) in [6.07, 6.45) is 1.14. The van der Waals surface area contributed by atoms with E-state index in [1.54, 1.807) is 0 Å². The van der Waals surface area contributed by atoms with E-state index in [4.69, 9.17) is 9.47 Å². The fraction of sp³-hybridized carbons (Fsp3) is 1.00. The minimum absolute atomic E-state index is 0.0799. The predicted octanol–water partition coefficient (Wildman–Crippen LogP) is 1.89. The molecule has 0 saturated carbocycles. The van der Waals surface area contributed by atoms with Crippen LogP contribution >= 0.6 is 0 Å². The summed E-state index contributed by atoms with van der Waals surface area (Å²) in [6, 6.07) is 0.409. The number of likely N-dealkylation sites (N-methyl/N-ethyl adjacent to an activating group) is 1. The Hall–Kier alpha value is -0.160. The highest BCUT2D eigenvalue weighted by atomic mass is 16.5. The molecule has 4 nitrogen and oxygen atoms in total. The van der Waals surface area contributed by atoms with Crippen molar-refractivity contribution in [3.05, 3.63) is 0 Å². The third kappa shape index (κ3) is 3.53. The maximum absolute atomic E-state index is 6.37. The number of nitrogens with zero attached hydrogens (tertiary/aromatic N) is 1. The van der Waals surface area contributed by atoms with Gasteiger partial charge in [0.1, 0.15) is 0 Å². The van der Waals surface area contributed by atoms with Crippen molar-refractivity contribution in [2.24, 2.45) is 5.92 Å². The SMILES string of the molecule is CCNC1C(CN2CCCOCC2)C(C)(C)OC1(C)C. The highest BCUT2D eigenvalue weighted by Crippen LogP contribution is 2.42. The Morgan fingerprint density at radius 2 is 1.85 bits per heavy atom. The highest BCUT2D eigenvalue weighted by molar-refractivity contribution is 5.06. The Bertz CT molecular complexity index is 310. The Morgan fingerprint density at radius 3 is 2.55 bits per heavy atom. The molecule has 2 heterocycles. The normalized spacial score (nSPS) is 34.0. The number of ether oxygens (including phenoxy) is 2. The average Bonchev–Trinajstić information content (AvgIpc) is 2.55. The molecule has 2 saturated heterocycles. The summed E-state index contributed by atoms with van der Waals surface area (Å²) in [5, 5.41) is 3.66.